The number of nitro groups is 1. The largest absolute Gasteiger partial charge is 0.457 e. The van der Waals surface area contributed by atoms with Crippen LogP contribution in [-0.4, -0.2) is 4.92 Å². The van der Waals surface area contributed by atoms with Crippen molar-refractivity contribution < 1.29 is 9.66 Å². The minimum absolute atomic E-state index is 0.0113. The zero-order valence-corrected chi connectivity index (χ0v) is 11.7. The molecule has 0 saturated heterocycles. The lowest BCUT2D eigenvalue weighted by atomic mass is 10.2. The van der Waals surface area contributed by atoms with Gasteiger partial charge in [-0.15, -0.1) is 0 Å². The lowest BCUT2D eigenvalue weighted by Crippen LogP contribution is -1.97. The fourth-order valence-electron chi connectivity index (χ4n) is 1.59. The van der Waals surface area contributed by atoms with E-state index in [-0.39, 0.29) is 10.7 Å². The second-order valence-electron chi connectivity index (χ2n) is 3.93. The number of benzene rings is 2. The average Bonchev–Trinajstić information content (AvgIpc) is 2.38. The van der Waals surface area contributed by atoms with E-state index in [9.17, 15) is 10.1 Å². The number of rotatable bonds is 4. The first kappa shape index (κ1) is 14.6. The van der Waals surface area contributed by atoms with Crippen molar-refractivity contribution >= 4 is 28.9 Å². The van der Waals surface area contributed by atoms with E-state index in [4.69, 9.17) is 33.7 Å². The molecule has 2 rings (SSSR count). The third-order valence-corrected chi connectivity index (χ3v) is 3.25. The Balaban J connectivity index is 2.24. The highest BCUT2D eigenvalue weighted by molar-refractivity contribution is 6.32. The molecule has 0 bridgehead atoms. The van der Waals surface area contributed by atoms with E-state index < -0.39 is 4.92 Å². The molecule has 0 aromatic heterocycles. The molecule has 0 aliphatic carbocycles. The third-order valence-electron chi connectivity index (χ3n) is 2.60. The molecular formula is C13H10Cl2N2O3. The Bertz CT molecular complexity index is 662. The molecule has 2 aromatic rings. The van der Waals surface area contributed by atoms with Crippen LogP contribution >= 0.6 is 23.2 Å². The maximum Gasteiger partial charge on any atom is 0.288 e. The number of halogens is 2. The summed E-state index contributed by atoms with van der Waals surface area (Å²) in [6.07, 6.45) is 0. The molecule has 104 valence electrons. The molecule has 0 radical (unpaired) electrons. The number of nitro benzene ring substituents is 1. The quantitative estimate of drug-likeness (QED) is 0.679. The van der Waals surface area contributed by atoms with Crippen LogP contribution in [0.3, 0.4) is 0 Å². The van der Waals surface area contributed by atoms with Crippen molar-refractivity contribution in [3.05, 3.63) is 62.1 Å². The van der Waals surface area contributed by atoms with Crippen molar-refractivity contribution in [1.82, 2.24) is 0 Å². The molecule has 7 heteroatoms. The van der Waals surface area contributed by atoms with Gasteiger partial charge in [0.05, 0.1) is 4.92 Å². The minimum Gasteiger partial charge on any atom is -0.457 e. The zero-order valence-electron chi connectivity index (χ0n) is 10.2. The van der Waals surface area contributed by atoms with Crippen LogP contribution in [0, 0.1) is 10.1 Å². The van der Waals surface area contributed by atoms with Crippen molar-refractivity contribution in [2.24, 2.45) is 5.73 Å². The SMILES string of the molecule is NCc1ccc(Oc2ccc([N+](=O)[O-])c(Cl)c2)cc1Cl. The normalized spacial score (nSPS) is 10.3. The number of ether oxygens (including phenoxy) is 1. The summed E-state index contributed by atoms with van der Waals surface area (Å²) in [5, 5.41) is 11.2. The van der Waals surface area contributed by atoms with Crippen molar-refractivity contribution in [3.8, 4) is 11.5 Å². The first-order chi connectivity index (χ1) is 9.51. The van der Waals surface area contributed by atoms with Gasteiger partial charge >= 0.3 is 0 Å². The Labute approximate surface area is 125 Å². The number of hydrogen-bond acceptors (Lipinski definition) is 4. The van der Waals surface area contributed by atoms with E-state index in [0.717, 1.165) is 5.56 Å². The van der Waals surface area contributed by atoms with Crippen LogP contribution in [0.5, 0.6) is 11.5 Å². The fourth-order valence-corrected chi connectivity index (χ4v) is 2.08. The smallest absolute Gasteiger partial charge is 0.288 e. The number of nitrogens with two attached hydrogens (primary N) is 1. The molecule has 0 spiro atoms. The van der Waals surface area contributed by atoms with Crippen molar-refractivity contribution in [1.29, 1.82) is 0 Å². The summed E-state index contributed by atoms with van der Waals surface area (Å²) in [5.74, 6) is 0.884. The molecular weight excluding hydrogens is 303 g/mol. The Morgan fingerprint density at radius 1 is 1.10 bits per heavy atom. The summed E-state index contributed by atoms with van der Waals surface area (Å²) in [7, 11) is 0. The Hall–Kier alpha value is -1.82. The molecule has 5 nitrogen and oxygen atoms in total. The van der Waals surface area contributed by atoms with Gasteiger partial charge in [0.1, 0.15) is 16.5 Å². The van der Waals surface area contributed by atoms with Crippen LogP contribution in [0.4, 0.5) is 5.69 Å². The topological polar surface area (TPSA) is 78.4 Å². The van der Waals surface area contributed by atoms with Gasteiger partial charge < -0.3 is 10.5 Å². The molecule has 20 heavy (non-hydrogen) atoms. The van der Waals surface area contributed by atoms with Crippen LogP contribution in [0.25, 0.3) is 0 Å². The van der Waals surface area contributed by atoms with Crippen LogP contribution in [-0.2, 0) is 6.54 Å². The highest BCUT2D eigenvalue weighted by Crippen LogP contribution is 2.32. The van der Waals surface area contributed by atoms with Crippen LogP contribution < -0.4 is 10.5 Å². The molecule has 0 saturated carbocycles. The van der Waals surface area contributed by atoms with Gasteiger partial charge in [0, 0.05) is 23.7 Å². The van der Waals surface area contributed by atoms with Crippen molar-refractivity contribution in [2.45, 2.75) is 6.54 Å². The van der Waals surface area contributed by atoms with Gasteiger partial charge in [-0.1, -0.05) is 29.3 Å². The molecule has 0 amide bonds. The highest BCUT2D eigenvalue weighted by atomic mass is 35.5. The van der Waals surface area contributed by atoms with Gasteiger partial charge in [0.15, 0.2) is 0 Å². The molecule has 0 aliphatic rings. The molecule has 0 aliphatic heterocycles. The monoisotopic (exact) mass is 312 g/mol. The lowest BCUT2D eigenvalue weighted by molar-refractivity contribution is -0.384. The molecule has 0 unspecified atom stereocenters. The molecule has 0 atom stereocenters. The fraction of sp³-hybridized carbons (Fsp3) is 0.0769. The first-order valence-electron chi connectivity index (χ1n) is 5.61. The summed E-state index contributed by atoms with van der Waals surface area (Å²) in [6, 6.07) is 9.22. The second-order valence-corrected chi connectivity index (χ2v) is 4.74. The first-order valence-corrected chi connectivity index (χ1v) is 6.37. The number of nitrogens with zero attached hydrogens (tertiary/aromatic N) is 1. The highest BCUT2D eigenvalue weighted by Gasteiger charge is 2.13. The Kier molecular flexibility index (Phi) is 4.44. The van der Waals surface area contributed by atoms with Crippen molar-refractivity contribution in [2.75, 3.05) is 0 Å². The van der Waals surface area contributed by atoms with E-state index in [1.165, 1.54) is 18.2 Å². The van der Waals surface area contributed by atoms with Gasteiger partial charge in [-0.3, -0.25) is 10.1 Å². The molecule has 0 heterocycles. The van der Waals surface area contributed by atoms with Crippen LogP contribution in [0.15, 0.2) is 36.4 Å². The van der Waals surface area contributed by atoms with Gasteiger partial charge in [-0.2, -0.15) is 0 Å². The van der Waals surface area contributed by atoms with Crippen molar-refractivity contribution in [3.63, 3.8) is 0 Å². The summed E-state index contributed by atoms with van der Waals surface area (Å²) in [5.41, 5.74) is 6.15. The maximum atomic E-state index is 10.7. The van der Waals surface area contributed by atoms with Gasteiger partial charge in [0.25, 0.3) is 5.69 Å². The molecule has 0 fully saturated rings. The van der Waals surface area contributed by atoms with E-state index in [1.54, 1.807) is 18.2 Å². The lowest BCUT2D eigenvalue weighted by Gasteiger charge is -2.08. The van der Waals surface area contributed by atoms with E-state index in [0.29, 0.717) is 23.1 Å². The van der Waals surface area contributed by atoms with E-state index in [1.807, 2.05) is 0 Å². The Morgan fingerprint density at radius 3 is 2.20 bits per heavy atom. The maximum absolute atomic E-state index is 10.7. The van der Waals surface area contributed by atoms with E-state index >= 15 is 0 Å². The predicted octanol–water partition coefficient (Wildman–Crippen LogP) is 4.15. The molecule has 2 aromatic carbocycles. The predicted molar refractivity (Wildman–Crippen MR) is 77.5 cm³/mol. The Morgan fingerprint density at radius 2 is 1.70 bits per heavy atom. The second kappa shape index (κ2) is 6.09. The zero-order chi connectivity index (χ0) is 14.7. The summed E-state index contributed by atoms with van der Waals surface area (Å²) < 4.78 is 5.54. The summed E-state index contributed by atoms with van der Waals surface area (Å²) in [6.45, 7) is 0.336. The standard InChI is InChI=1S/C13H10Cl2N2O3/c14-11-5-9(2-1-8(11)7-16)20-10-3-4-13(17(18)19)12(15)6-10/h1-6H,7,16H2. The summed E-state index contributed by atoms with van der Waals surface area (Å²) in [4.78, 5) is 10.1. The summed E-state index contributed by atoms with van der Waals surface area (Å²) >= 11 is 11.8. The van der Waals surface area contributed by atoms with E-state index in [2.05, 4.69) is 0 Å². The molecule has 2 N–H and O–H groups in total. The van der Waals surface area contributed by atoms with Gasteiger partial charge in [-0.05, 0) is 23.8 Å². The van der Waals surface area contributed by atoms with Crippen LogP contribution in [0.2, 0.25) is 10.0 Å². The number of hydrogen-bond donors (Lipinski definition) is 1. The average molecular weight is 313 g/mol. The minimum atomic E-state index is -0.557. The van der Waals surface area contributed by atoms with Gasteiger partial charge in [-0.25, -0.2) is 0 Å². The third kappa shape index (κ3) is 3.19. The van der Waals surface area contributed by atoms with Crippen LogP contribution in [0.1, 0.15) is 5.56 Å². The van der Waals surface area contributed by atoms with Gasteiger partial charge in [0.2, 0.25) is 0 Å².